The van der Waals surface area contributed by atoms with Crippen LogP contribution in [0.2, 0.25) is 10.0 Å². The van der Waals surface area contributed by atoms with Crippen LogP contribution in [0.25, 0.3) is 0 Å². The Morgan fingerprint density at radius 2 is 1.83 bits per heavy atom. The molecule has 0 radical (unpaired) electrons. The van der Waals surface area contributed by atoms with Crippen LogP contribution in [0.5, 0.6) is 0 Å². The van der Waals surface area contributed by atoms with Crippen molar-refractivity contribution in [3.63, 3.8) is 0 Å². The van der Waals surface area contributed by atoms with Crippen molar-refractivity contribution < 1.29 is 9.59 Å². The summed E-state index contributed by atoms with van der Waals surface area (Å²) in [5.41, 5.74) is 1.35. The summed E-state index contributed by atoms with van der Waals surface area (Å²) >= 11 is 12.2. The number of carbonyl (C=O) groups is 2. The van der Waals surface area contributed by atoms with Crippen molar-refractivity contribution in [1.82, 2.24) is 0 Å². The van der Waals surface area contributed by atoms with Crippen LogP contribution in [-0.4, -0.2) is 25.4 Å². The van der Waals surface area contributed by atoms with E-state index >= 15 is 0 Å². The topological polar surface area (TPSA) is 40.6 Å². The smallest absolute Gasteiger partial charge is 0.232 e. The van der Waals surface area contributed by atoms with E-state index in [-0.39, 0.29) is 18.2 Å². The first-order chi connectivity index (χ1) is 11.5. The molecule has 4 nitrogen and oxygen atoms in total. The van der Waals surface area contributed by atoms with Gasteiger partial charge >= 0.3 is 0 Å². The molecule has 2 aromatic carbocycles. The first-order valence-corrected chi connectivity index (χ1v) is 8.31. The average Bonchev–Trinajstić information content (AvgIpc) is 2.98. The largest absolute Gasteiger partial charge is 0.315 e. The summed E-state index contributed by atoms with van der Waals surface area (Å²) < 4.78 is 0. The van der Waals surface area contributed by atoms with E-state index in [1.54, 1.807) is 30.1 Å². The van der Waals surface area contributed by atoms with Crippen molar-refractivity contribution in [2.75, 3.05) is 23.4 Å². The zero-order chi connectivity index (χ0) is 17.3. The van der Waals surface area contributed by atoms with Crippen molar-refractivity contribution in [2.45, 2.75) is 6.42 Å². The number of hydrogen-bond donors (Lipinski definition) is 0. The third-order valence-corrected chi connectivity index (χ3v) is 4.98. The molecule has 1 heterocycles. The van der Waals surface area contributed by atoms with Crippen LogP contribution in [0.3, 0.4) is 0 Å². The molecule has 1 aliphatic heterocycles. The molecule has 2 aromatic rings. The highest BCUT2D eigenvalue weighted by Crippen LogP contribution is 2.36. The van der Waals surface area contributed by atoms with Gasteiger partial charge in [0.05, 0.1) is 21.7 Å². The molecule has 0 bridgehead atoms. The number of carbonyl (C=O) groups excluding carboxylic acids is 2. The normalized spacial score (nSPS) is 17.2. The number of anilines is 2. The van der Waals surface area contributed by atoms with Gasteiger partial charge in [0, 0.05) is 25.7 Å². The first-order valence-electron chi connectivity index (χ1n) is 7.56. The lowest BCUT2D eigenvalue weighted by Gasteiger charge is -2.22. The van der Waals surface area contributed by atoms with Gasteiger partial charge in [0.1, 0.15) is 0 Å². The van der Waals surface area contributed by atoms with Crippen LogP contribution in [-0.2, 0) is 9.59 Å². The number of rotatable bonds is 3. The zero-order valence-electron chi connectivity index (χ0n) is 13.1. The molecule has 0 spiro atoms. The summed E-state index contributed by atoms with van der Waals surface area (Å²) in [4.78, 5) is 28.2. The quantitative estimate of drug-likeness (QED) is 0.827. The van der Waals surface area contributed by atoms with Crippen molar-refractivity contribution in [1.29, 1.82) is 0 Å². The number of halogens is 2. The van der Waals surface area contributed by atoms with Crippen LogP contribution in [0.1, 0.15) is 6.42 Å². The lowest BCUT2D eigenvalue weighted by Crippen LogP contribution is -2.34. The molecular formula is C18H16Cl2N2O2. The highest BCUT2D eigenvalue weighted by Gasteiger charge is 2.37. The van der Waals surface area contributed by atoms with Gasteiger partial charge in [-0.2, -0.15) is 0 Å². The number of hydrogen-bond acceptors (Lipinski definition) is 2. The Hall–Kier alpha value is -2.04. The lowest BCUT2D eigenvalue weighted by atomic mass is 10.1. The molecule has 124 valence electrons. The third kappa shape index (κ3) is 3.12. The fourth-order valence-corrected chi connectivity index (χ4v) is 3.26. The van der Waals surface area contributed by atoms with Gasteiger partial charge in [-0.05, 0) is 24.3 Å². The molecule has 2 amide bonds. The third-order valence-electron chi connectivity index (χ3n) is 4.17. The predicted octanol–water partition coefficient (Wildman–Crippen LogP) is 4.01. The van der Waals surface area contributed by atoms with Gasteiger partial charge in [-0.15, -0.1) is 0 Å². The van der Waals surface area contributed by atoms with Gasteiger partial charge < -0.3 is 9.80 Å². The van der Waals surface area contributed by atoms with Crippen molar-refractivity contribution in [2.24, 2.45) is 5.92 Å². The maximum absolute atomic E-state index is 12.7. The Morgan fingerprint density at radius 3 is 2.54 bits per heavy atom. The molecular weight excluding hydrogens is 347 g/mol. The van der Waals surface area contributed by atoms with E-state index in [0.29, 0.717) is 22.3 Å². The summed E-state index contributed by atoms with van der Waals surface area (Å²) in [7, 11) is 1.72. The van der Waals surface area contributed by atoms with E-state index in [4.69, 9.17) is 23.2 Å². The van der Waals surface area contributed by atoms with E-state index in [2.05, 4.69) is 0 Å². The summed E-state index contributed by atoms with van der Waals surface area (Å²) in [6, 6.07) is 14.5. The van der Waals surface area contributed by atoms with Crippen LogP contribution < -0.4 is 9.80 Å². The van der Waals surface area contributed by atoms with Gasteiger partial charge in [-0.1, -0.05) is 47.5 Å². The Balaban J connectivity index is 1.79. The molecule has 1 fully saturated rings. The fourth-order valence-electron chi connectivity index (χ4n) is 2.86. The standard InChI is InChI=1S/C18H16Cl2N2O2/c1-21(13-6-3-2-4-7-13)18(24)12-10-16(23)22(11-12)15-9-5-8-14(19)17(15)20/h2-9,12H,10-11H2,1H3. The Kier molecular flexibility index (Phi) is 4.78. The van der Waals surface area contributed by atoms with Gasteiger partial charge in [0.25, 0.3) is 0 Å². The fraction of sp³-hybridized carbons (Fsp3) is 0.222. The molecule has 1 atom stereocenters. The van der Waals surface area contributed by atoms with Gasteiger partial charge in [0.15, 0.2) is 0 Å². The molecule has 1 saturated heterocycles. The van der Waals surface area contributed by atoms with Crippen molar-refractivity contribution in [3.8, 4) is 0 Å². The van der Waals surface area contributed by atoms with Crippen LogP contribution in [0.4, 0.5) is 11.4 Å². The Labute approximate surface area is 150 Å². The van der Waals surface area contributed by atoms with Crippen LogP contribution in [0, 0.1) is 5.92 Å². The minimum atomic E-state index is -0.405. The van der Waals surface area contributed by atoms with E-state index in [9.17, 15) is 9.59 Å². The first kappa shape index (κ1) is 16.8. The summed E-state index contributed by atoms with van der Waals surface area (Å²) in [6.07, 6.45) is 0.166. The average molecular weight is 363 g/mol. The molecule has 1 unspecified atom stereocenters. The maximum Gasteiger partial charge on any atom is 0.232 e. The minimum absolute atomic E-state index is 0.0878. The van der Waals surface area contributed by atoms with E-state index in [1.807, 2.05) is 30.3 Å². The molecule has 0 aliphatic carbocycles. The molecule has 6 heteroatoms. The van der Waals surface area contributed by atoms with Crippen LogP contribution in [0.15, 0.2) is 48.5 Å². The molecule has 0 saturated carbocycles. The predicted molar refractivity (Wildman–Crippen MR) is 96.8 cm³/mol. The molecule has 24 heavy (non-hydrogen) atoms. The highest BCUT2D eigenvalue weighted by molar-refractivity contribution is 6.44. The summed E-state index contributed by atoms with van der Waals surface area (Å²) in [6.45, 7) is 0.300. The minimum Gasteiger partial charge on any atom is -0.315 e. The van der Waals surface area contributed by atoms with Gasteiger partial charge in [0.2, 0.25) is 11.8 Å². The second kappa shape index (κ2) is 6.83. The van der Waals surface area contributed by atoms with Gasteiger partial charge in [-0.25, -0.2) is 0 Å². The second-order valence-electron chi connectivity index (χ2n) is 5.71. The van der Waals surface area contributed by atoms with E-state index in [1.165, 1.54) is 4.90 Å². The summed E-state index contributed by atoms with van der Waals surface area (Å²) in [5.74, 6) is -0.619. The number of benzene rings is 2. The van der Waals surface area contributed by atoms with E-state index < -0.39 is 5.92 Å². The van der Waals surface area contributed by atoms with E-state index in [0.717, 1.165) is 5.69 Å². The van der Waals surface area contributed by atoms with Gasteiger partial charge in [-0.3, -0.25) is 9.59 Å². The lowest BCUT2D eigenvalue weighted by molar-refractivity contribution is -0.124. The molecule has 0 aromatic heterocycles. The highest BCUT2D eigenvalue weighted by atomic mass is 35.5. The SMILES string of the molecule is CN(C(=O)C1CC(=O)N(c2cccc(Cl)c2Cl)C1)c1ccccc1. The number of amides is 2. The Bertz CT molecular complexity index is 780. The maximum atomic E-state index is 12.7. The molecule has 0 N–H and O–H groups in total. The van der Waals surface area contributed by atoms with Crippen molar-refractivity contribution in [3.05, 3.63) is 58.6 Å². The van der Waals surface area contributed by atoms with Crippen LogP contribution >= 0.6 is 23.2 Å². The molecule has 1 aliphatic rings. The second-order valence-corrected chi connectivity index (χ2v) is 6.50. The monoisotopic (exact) mass is 362 g/mol. The number of nitrogens with zero attached hydrogens (tertiary/aromatic N) is 2. The summed E-state index contributed by atoms with van der Waals surface area (Å²) in [5, 5.41) is 0.718. The zero-order valence-corrected chi connectivity index (χ0v) is 14.6. The van der Waals surface area contributed by atoms with Crippen molar-refractivity contribution >= 4 is 46.4 Å². The Morgan fingerprint density at radius 1 is 1.12 bits per heavy atom. The molecule has 3 rings (SSSR count). The number of para-hydroxylation sites is 1.